The lowest BCUT2D eigenvalue weighted by molar-refractivity contribution is 0.198. The average Bonchev–Trinajstić information content (AvgIpc) is 2.38. The van der Waals surface area contributed by atoms with Gasteiger partial charge in [-0.3, -0.25) is 4.90 Å². The highest BCUT2D eigenvalue weighted by molar-refractivity contribution is 4.75. The Hall–Kier alpha value is -0.120. The van der Waals surface area contributed by atoms with Crippen LogP contribution in [-0.2, 0) is 0 Å². The summed E-state index contributed by atoms with van der Waals surface area (Å²) >= 11 is 0. The molecule has 1 unspecified atom stereocenters. The van der Waals surface area contributed by atoms with Crippen molar-refractivity contribution < 1.29 is 0 Å². The molecule has 1 aliphatic rings. The van der Waals surface area contributed by atoms with E-state index in [0.717, 1.165) is 6.54 Å². The Kier molecular flexibility index (Phi) is 6.61. The van der Waals surface area contributed by atoms with Crippen LogP contribution in [0.1, 0.15) is 47.0 Å². The first-order chi connectivity index (χ1) is 8.38. The Morgan fingerprint density at radius 3 is 2.56 bits per heavy atom. The summed E-state index contributed by atoms with van der Waals surface area (Å²) in [4.78, 5) is 5.13. The Morgan fingerprint density at radius 1 is 1.17 bits per heavy atom. The molecule has 1 fully saturated rings. The van der Waals surface area contributed by atoms with Gasteiger partial charge in [-0.2, -0.15) is 0 Å². The topological polar surface area (TPSA) is 18.5 Å². The van der Waals surface area contributed by atoms with Gasteiger partial charge in [0.1, 0.15) is 0 Å². The van der Waals surface area contributed by atoms with Crippen molar-refractivity contribution in [2.75, 3.05) is 39.8 Å². The molecular formula is C15H33N3. The first kappa shape index (κ1) is 15.9. The molecule has 0 bridgehead atoms. The van der Waals surface area contributed by atoms with E-state index < -0.39 is 0 Å². The molecule has 0 aliphatic carbocycles. The molecule has 0 saturated carbocycles. The van der Waals surface area contributed by atoms with E-state index in [1.54, 1.807) is 0 Å². The minimum atomic E-state index is 0.263. The zero-order valence-corrected chi connectivity index (χ0v) is 13.1. The van der Waals surface area contributed by atoms with Gasteiger partial charge < -0.3 is 10.2 Å². The molecule has 1 rings (SSSR count). The van der Waals surface area contributed by atoms with Crippen LogP contribution in [0.4, 0.5) is 0 Å². The predicted molar refractivity (Wildman–Crippen MR) is 80.1 cm³/mol. The first-order valence-electron chi connectivity index (χ1n) is 7.56. The van der Waals surface area contributed by atoms with Gasteiger partial charge in [0.15, 0.2) is 0 Å². The van der Waals surface area contributed by atoms with E-state index in [9.17, 15) is 0 Å². The molecule has 1 saturated heterocycles. The Morgan fingerprint density at radius 2 is 1.89 bits per heavy atom. The van der Waals surface area contributed by atoms with Gasteiger partial charge in [0, 0.05) is 18.1 Å². The zero-order chi connectivity index (χ0) is 13.6. The van der Waals surface area contributed by atoms with Crippen LogP contribution in [0.3, 0.4) is 0 Å². The van der Waals surface area contributed by atoms with Crippen molar-refractivity contribution in [2.45, 2.75) is 58.5 Å². The van der Waals surface area contributed by atoms with Crippen molar-refractivity contribution in [1.82, 2.24) is 15.1 Å². The van der Waals surface area contributed by atoms with Crippen LogP contribution in [0.15, 0.2) is 0 Å². The van der Waals surface area contributed by atoms with E-state index in [1.165, 1.54) is 45.4 Å². The Labute approximate surface area is 114 Å². The van der Waals surface area contributed by atoms with Crippen LogP contribution in [0.2, 0.25) is 0 Å². The predicted octanol–water partition coefficient (Wildman–Crippen LogP) is 2.18. The lowest BCUT2D eigenvalue weighted by Gasteiger charge is -2.28. The third-order valence-corrected chi connectivity index (χ3v) is 3.71. The molecule has 0 radical (unpaired) electrons. The SMILES string of the molecule is CC1CN(C)CCCN1CCCCNC(C)(C)C. The molecule has 1 heterocycles. The lowest BCUT2D eigenvalue weighted by Crippen LogP contribution is -2.39. The monoisotopic (exact) mass is 255 g/mol. The summed E-state index contributed by atoms with van der Waals surface area (Å²) in [7, 11) is 2.24. The van der Waals surface area contributed by atoms with E-state index in [4.69, 9.17) is 0 Å². The highest BCUT2D eigenvalue weighted by Crippen LogP contribution is 2.09. The van der Waals surface area contributed by atoms with Crippen LogP contribution in [0, 0.1) is 0 Å². The molecule has 18 heavy (non-hydrogen) atoms. The van der Waals surface area contributed by atoms with Gasteiger partial charge in [-0.05, 0) is 80.2 Å². The molecule has 1 N–H and O–H groups in total. The molecule has 0 aromatic rings. The number of nitrogens with one attached hydrogen (secondary N) is 1. The van der Waals surface area contributed by atoms with E-state index in [-0.39, 0.29) is 5.54 Å². The minimum Gasteiger partial charge on any atom is -0.312 e. The third-order valence-electron chi connectivity index (χ3n) is 3.71. The zero-order valence-electron chi connectivity index (χ0n) is 13.1. The maximum absolute atomic E-state index is 3.56. The molecule has 1 atom stereocenters. The Balaban J connectivity index is 2.14. The van der Waals surface area contributed by atoms with E-state index in [2.05, 4.69) is 49.9 Å². The van der Waals surface area contributed by atoms with Crippen molar-refractivity contribution in [2.24, 2.45) is 0 Å². The van der Waals surface area contributed by atoms with Crippen LogP contribution in [0.25, 0.3) is 0 Å². The lowest BCUT2D eigenvalue weighted by atomic mass is 10.1. The smallest absolute Gasteiger partial charge is 0.0194 e. The first-order valence-corrected chi connectivity index (χ1v) is 7.56. The van der Waals surface area contributed by atoms with Crippen LogP contribution in [-0.4, -0.2) is 61.2 Å². The van der Waals surface area contributed by atoms with E-state index >= 15 is 0 Å². The number of rotatable bonds is 5. The molecule has 3 heteroatoms. The fourth-order valence-corrected chi connectivity index (χ4v) is 2.66. The van der Waals surface area contributed by atoms with Crippen molar-refractivity contribution >= 4 is 0 Å². The second-order valence-electron chi connectivity index (χ2n) is 6.88. The standard InChI is InChI=1S/C15H33N3/c1-14-13-17(5)10-8-12-18(14)11-7-6-9-16-15(2,3)4/h14,16H,6-13H2,1-5H3. The van der Waals surface area contributed by atoms with Gasteiger partial charge in [0.2, 0.25) is 0 Å². The minimum absolute atomic E-state index is 0.263. The second-order valence-corrected chi connectivity index (χ2v) is 6.88. The fourth-order valence-electron chi connectivity index (χ4n) is 2.66. The highest BCUT2D eigenvalue weighted by Gasteiger charge is 2.18. The van der Waals surface area contributed by atoms with E-state index in [1.807, 2.05) is 0 Å². The van der Waals surface area contributed by atoms with Gasteiger partial charge in [0.05, 0.1) is 0 Å². The summed E-state index contributed by atoms with van der Waals surface area (Å²) in [6, 6.07) is 0.716. The molecule has 0 amide bonds. The normalized spacial score (nSPS) is 24.2. The van der Waals surface area contributed by atoms with E-state index in [0.29, 0.717) is 6.04 Å². The second kappa shape index (κ2) is 7.46. The fraction of sp³-hybridized carbons (Fsp3) is 1.00. The maximum Gasteiger partial charge on any atom is 0.0194 e. The molecular weight excluding hydrogens is 222 g/mol. The van der Waals surface area contributed by atoms with Gasteiger partial charge >= 0.3 is 0 Å². The molecule has 3 nitrogen and oxygen atoms in total. The maximum atomic E-state index is 3.56. The van der Waals surface area contributed by atoms with Gasteiger partial charge in [-0.15, -0.1) is 0 Å². The van der Waals surface area contributed by atoms with Crippen molar-refractivity contribution in [3.8, 4) is 0 Å². The summed E-state index contributed by atoms with van der Waals surface area (Å²) in [6.45, 7) is 15.2. The molecule has 0 aromatic heterocycles. The molecule has 1 aliphatic heterocycles. The van der Waals surface area contributed by atoms with Gasteiger partial charge in [0.25, 0.3) is 0 Å². The van der Waals surface area contributed by atoms with Crippen LogP contribution >= 0.6 is 0 Å². The Bertz CT molecular complexity index is 222. The number of hydrogen-bond donors (Lipinski definition) is 1. The summed E-state index contributed by atoms with van der Waals surface area (Å²) in [5.41, 5.74) is 0.263. The largest absolute Gasteiger partial charge is 0.312 e. The number of likely N-dealkylation sites (N-methyl/N-ethyl adjacent to an activating group) is 1. The highest BCUT2D eigenvalue weighted by atomic mass is 15.2. The summed E-state index contributed by atoms with van der Waals surface area (Å²) in [5.74, 6) is 0. The molecule has 108 valence electrons. The summed E-state index contributed by atoms with van der Waals surface area (Å²) < 4.78 is 0. The summed E-state index contributed by atoms with van der Waals surface area (Å²) in [6.07, 6.45) is 3.93. The quantitative estimate of drug-likeness (QED) is 0.760. The van der Waals surface area contributed by atoms with Gasteiger partial charge in [-0.1, -0.05) is 0 Å². The van der Waals surface area contributed by atoms with Crippen molar-refractivity contribution in [3.05, 3.63) is 0 Å². The molecule has 0 spiro atoms. The third kappa shape index (κ3) is 6.72. The van der Waals surface area contributed by atoms with Crippen molar-refractivity contribution in [3.63, 3.8) is 0 Å². The van der Waals surface area contributed by atoms with Gasteiger partial charge in [-0.25, -0.2) is 0 Å². The van der Waals surface area contributed by atoms with Crippen molar-refractivity contribution in [1.29, 1.82) is 0 Å². The molecule has 0 aromatic carbocycles. The number of hydrogen-bond acceptors (Lipinski definition) is 3. The number of nitrogens with zero attached hydrogens (tertiary/aromatic N) is 2. The van der Waals surface area contributed by atoms with Crippen LogP contribution in [0.5, 0.6) is 0 Å². The number of unbranched alkanes of at least 4 members (excludes halogenated alkanes) is 1. The summed E-state index contributed by atoms with van der Waals surface area (Å²) in [5, 5.41) is 3.56. The average molecular weight is 255 g/mol. The van der Waals surface area contributed by atoms with Crippen LogP contribution < -0.4 is 5.32 Å².